The lowest BCUT2D eigenvalue weighted by molar-refractivity contribution is 0.0688. The third kappa shape index (κ3) is 3.65. The highest BCUT2D eigenvalue weighted by atomic mass is 16.5. The molecule has 0 saturated carbocycles. The maximum Gasteiger partial charge on any atom is 0.272 e. The number of likely N-dealkylation sites (tertiary alicyclic amines) is 1. The Labute approximate surface area is 165 Å². The summed E-state index contributed by atoms with van der Waals surface area (Å²) >= 11 is 0. The maximum atomic E-state index is 13.3. The first kappa shape index (κ1) is 18.3. The van der Waals surface area contributed by atoms with Gasteiger partial charge in [0.05, 0.1) is 18.5 Å². The monoisotopic (exact) mass is 375 g/mol. The number of methoxy groups -OCH3 is 1. The lowest BCUT2D eigenvalue weighted by Gasteiger charge is -2.30. The van der Waals surface area contributed by atoms with Crippen LogP contribution in [0.1, 0.15) is 30.3 Å². The molecule has 1 saturated heterocycles. The van der Waals surface area contributed by atoms with Crippen LogP contribution >= 0.6 is 0 Å². The van der Waals surface area contributed by atoms with Gasteiger partial charge in [0.25, 0.3) is 5.91 Å². The van der Waals surface area contributed by atoms with Crippen molar-refractivity contribution in [1.29, 1.82) is 0 Å². The zero-order valence-electron chi connectivity index (χ0n) is 16.3. The van der Waals surface area contributed by atoms with Crippen LogP contribution in [0.4, 0.5) is 0 Å². The molecule has 5 nitrogen and oxygen atoms in total. The molecule has 5 heteroatoms. The highest BCUT2D eigenvalue weighted by Crippen LogP contribution is 2.25. The summed E-state index contributed by atoms with van der Waals surface area (Å²) in [5, 5.41) is 4.77. The van der Waals surface area contributed by atoms with E-state index in [0.717, 1.165) is 48.6 Å². The molecule has 0 aliphatic carbocycles. The van der Waals surface area contributed by atoms with Gasteiger partial charge in [-0.1, -0.05) is 37.3 Å². The van der Waals surface area contributed by atoms with Crippen molar-refractivity contribution in [3.05, 3.63) is 66.4 Å². The number of carbonyl (C=O) groups excluding carboxylic acids is 1. The highest BCUT2D eigenvalue weighted by molar-refractivity contribution is 5.94. The number of hydrogen-bond acceptors (Lipinski definition) is 3. The molecule has 3 aromatic rings. The first-order valence-corrected chi connectivity index (χ1v) is 9.75. The molecule has 0 spiro atoms. The Balaban J connectivity index is 1.74. The highest BCUT2D eigenvalue weighted by Gasteiger charge is 2.25. The van der Waals surface area contributed by atoms with Gasteiger partial charge in [-0.15, -0.1) is 0 Å². The normalized spacial score (nSPS) is 14.9. The van der Waals surface area contributed by atoms with Crippen LogP contribution in [0.25, 0.3) is 16.9 Å². The van der Waals surface area contributed by atoms with E-state index in [-0.39, 0.29) is 5.91 Å². The number of ether oxygens (including phenoxy) is 1. The molecule has 0 N–H and O–H groups in total. The number of benzene rings is 2. The minimum absolute atomic E-state index is 0.0393. The molecule has 2 aromatic carbocycles. The van der Waals surface area contributed by atoms with Gasteiger partial charge >= 0.3 is 0 Å². The summed E-state index contributed by atoms with van der Waals surface area (Å²) in [5.41, 5.74) is 3.23. The van der Waals surface area contributed by atoms with Crippen LogP contribution in [0.5, 0.6) is 5.75 Å². The zero-order chi connectivity index (χ0) is 19.5. The fraction of sp³-hybridized carbons (Fsp3) is 0.304. The quantitative estimate of drug-likeness (QED) is 0.678. The number of carbonyl (C=O) groups is 1. The largest absolute Gasteiger partial charge is 0.497 e. The molecule has 0 bridgehead atoms. The molecule has 1 aliphatic heterocycles. The number of aromatic nitrogens is 2. The predicted molar refractivity (Wildman–Crippen MR) is 110 cm³/mol. The van der Waals surface area contributed by atoms with Crippen molar-refractivity contribution in [2.75, 3.05) is 20.2 Å². The number of amides is 1. The first-order valence-electron chi connectivity index (χ1n) is 9.75. The van der Waals surface area contributed by atoms with Gasteiger partial charge in [0.2, 0.25) is 0 Å². The van der Waals surface area contributed by atoms with E-state index in [2.05, 4.69) is 6.92 Å². The smallest absolute Gasteiger partial charge is 0.272 e. The molecular formula is C23H25N3O2. The zero-order valence-corrected chi connectivity index (χ0v) is 16.3. The van der Waals surface area contributed by atoms with Gasteiger partial charge in [0, 0.05) is 18.7 Å². The molecule has 2 heterocycles. The molecule has 0 unspecified atom stereocenters. The average Bonchev–Trinajstić information content (AvgIpc) is 3.20. The molecule has 0 radical (unpaired) electrons. The second kappa shape index (κ2) is 7.89. The summed E-state index contributed by atoms with van der Waals surface area (Å²) in [6, 6.07) is 19.5. The van der Waals surface area contributed by atoms with Crippen LogP contribution in [-0.2, 0) is 0 Å². The van der Waals surface area contributed by atoms with E-state index in [9.17, 15) is 4.79 Å². The molecule has 0 atom stereocenters. The summed E-state index contributed by atoms with van der Waals surface area (Å²) in [5.74, 6) is 1.49. The SMILES string of the molecule is COc1ccc(-n2nc(-c3ccccc3)cc2C(=O)N2CCC(C)CC2)cc1. The van der Waals surface area contributed by atoms with Gasteiger partial charge in [0.15, 0.2) is 0 Å². The Bertz CT molecular complexity index is 940. The fourth-order valence-corrected chi connectivity index (χ4v) is 3.58. The van der Waals surface area contributed by atoms with Gasteiger partial charge < -0.3 is 9.64 Å². The van der Waals surface area contributed by atoms with Crippen LogP contribution in [0, 0.1) is 5.92 Å². The van der Waals surface area contributed by atoms with Crippen molar-refractivity contribution in [2.45, 2.75) is 19.8 Å². The van der Waals surface area contributed by atoms with Gasteiger partial charge in [-0.2, -0.15) is 5.10 Å². The Morgan fingerprint density at radius 1 is 1.04 bits per heavy atom. The summed E-state index contributed by atoms with van der Waals surface area (Å²) in [7, 11) is 1.64. The molecule has 1 amide bonds. The third-order valence-electron chi connectivity index (χ3n) is 5.39. The van der Waals surface area contributed by atoms with Crippen molar-refractivity contribution in [3.63, 3.8) is 0 Å². The van der Waals surface area contributed by atoms with Crippen molar-refractivity contribution in [3.8, 4) is 22.7 Å². The fourth-order valence-electron chi connectivity index (χ4n) is 3.58. The van der Waals surface area contributed by atoms with Crippen molar-refractivity contribution < 1.29 is 9.53 Å². The summed E-state index contributed by atoms with van der Waals surface area (Å²) in [6.45, 7) is 3.85. The lowest BCUT2D eigenvalue weighted by Crippen LogP contribution is -2.38. The minimum Gasteiger partial charge on any atom is -0.497 e. The van der Waals surface area contributed by atoms with Gasteiger partial charge in [0.1, 0.15) is 11.4 Å². The molecule has 1 aliphatic rings. The van der Waals surface area contributed by atoms with E-state index in [1.54, 1.807) is 11.8 Å². The van der Waals surface area contributed by atoms with E-state index in [0.29, 0.717) is 11.6 Å². The van der Waals surface area contributed by atoms with E-state index in [1.165, 1.54) is 0 Å². The number of nitrogens with zero attached hydrogens (tertiary/aromatic N) is 3. The topological polar surface area (TPSA) is 47.4 Å². The minimum atomic E-state index is 0.0393. The summed E-state index contributed by atoms with van der Waals surface area (Å²) in [4.78, 5) is 15.3. The van der Waals surface area contributed by atoms with E-state index < -0.39 is 0 Å². The second-order valence-electron chi connectivity index (χ2n) is 7.37. The van der Waals surface area contributed by atoms with Crippen molar-refractivity contribution in [2.24, 2.45) is 5.92 Å². The Hall–Kier alpha value is -3.08. The van der Waals surface area contributed by atoms with Crippen LogP contribution in [0.15, 0.2) is 60.7 Å². The molecule has 28 heavy (non-hydrogen) atoms. The lowest BCUT2D eigenvalue weighted by atomic mass is 9.99. The Morgan fingerprint density at radius 2 is 1.71 bits per heavy atom. The molecule has 1 aromatic heterocycles. The van der Waals surface area contributed by atoms with Crippen LogP contribution < -0.4 is 4.74 Å². The average molecular weight is 375 g/mol. The summed E-state index contributed by atoms with van der Waals surface area (Å²) in [6.07, 6.45) is 2.10. The molecule has 144 valence electrons. The van der Waals surface area contributed by atoms with Crippen LogP contribution in [0.3, 0.4) is 0 Å². The third-order valence-corrected chi connectivity index (χ3v) is 5.39. The number of rotatable bonds is 4. The van der Waals surface area contributed by atoms with Crippen LogP contribution in [-0.4, -0.2) is 40.8 Å². The van der Waals surface area contributed by atoms with E-state index in [4.69, 9.17) is 9.84 Å². The second-order valence-corrected chi connectivity index (χ2v) is 7.37. The van der Waals surface area contributed by atoms with Gasteiger partial charge in [-0.05, 0) is 49.1 Å². The standard InChI is InChI=1S/C23H25N3O2/c1-17-12-14-25(15-13-17)23(27)22-16-21(18-6-4-3-5-7-18)24-26(22)19-8-10-20(28-2)11-9-19/h3-11,16-17H,12-15H2,1-2H3. The number of hydrogen-bond donors (Lipinski definition) is 0. The van der Waals surface area contributed by atoms with E-state index >= 15 is 0 Å². The van der Waals surface area contributed by atoms with Crippen LogP contribution in [0.2, 0.25) is 0 Å². The van der Waals surface area contributed by atoms with Gasteiger partial charge in [-0.3, -0.25) is 4.79 Å². The Morgan fingerprint density at radius 3 is 2.36 bits per heavy atom. The van der Waals surface area contributed by atoms with E-state index in [1.807, 2.05) is 65.6 Å². The molecule has 4 rings (SSSR count). The molecular weight excluding hydrogens is 350 g/mol. The van der Waals surface area contributed by atoms with Crippen molar-refractivity contribution >= 4 is 5.91 Å². The predicted octanol–water partition coefficient (Wildman–Crippen LogP) is 4.42. The van der Waals surface area contributed by atoms with Gasteiger partial charge in [-0.25, -0.2) is 4.68 Å². The maximum absolute atomic E-state index is 13.3. The first-order chi connectivity index (χ1) is 13.7. The number of piperidine rings is 1. The summed E-state index contributed by atoms with van der Waals surface area (Å²) < 4.78 is 7.01. The molecule has 1 fully saturated rings. The van der Waals surface area contributed by atoms with Crippen molar-refractivity contribution in [1.82, 2.24) is 14.7 Å². The Kier molecular flexibility index (Phi) is 5.15.